The van der Waals surface area contributed by atoms with E-state index in [4.69, 9.17) is 4.74 Å². The quantitative estimate of drug-likeness (QED) is 0.823. The fraction of sp³-hybridized carbons (Fsp3) is 0.278. The van der Waals surface area contributed by atoms with Crippen LogP contribution >= 0.6 is 15.9 Å². The van der Waals surface area contributed by atoms with Crippen LogP contribution < -0.4 is 10.1 Å². The molecule has 0 fully saturated rings. The topological polar surface area (TPSA) is 38.3 Å². The molecule has 0 heterocycles. The highest BCUT2D eigenvalue weighted by molar-refractivity contribution is 9.10. The maximum absolute atomic E-state index is 12.4. The third-order valence-electron chi connectivity index (χ3n) is 3.22. The SMILES string of the molecule is CCCOc1ccc(Br)cc1C(=O)NCc1ccc(C)cc1. The van der Waals surface area contributed by atoms with Crippen LogP contribution in [0.1, 0.15) is 34.8 Å². The molecule has 0 atom stereocenters. The predicted molar refractivity (Wildman–Crippen MR) is 92.3 cm³/mol. The van der Waals surface area contributed by atoms with E-state index in [2.05, 4.69) is 21.2 Å². The molecule has 0 aromatic heterocycles. The van der Waals surface area contributed by atoms with Crippen molar-refractivity contribution in [2.45, 2.75) is 26.8 Å². The number of hydrogen-bond donors (Lipinski definition) is 1. The lowest BCUT2D eigenvalue weighted by Crippen LogP contribution is -2.23. The van der Waals surface area contributed by atoms with Gasteiger partial charge < -0.3 is 10.1 Å². The average Bonchev–Trinajstić information content (AvgIpc) is 2.53. The molecule has 2 rings (SSSR count). The van der Waals surface area contributed by atoms with E-state index in [0.29, 0.717) is 24.5 Å². The molecule has 1 amide bonds. The highest BCUT2D eigenvalue weighted by atomic mass is 79.9. The maximum Gasteiger partial charge on any atom is 0.255 e. The molecule has 0 radical (unpaired) electrons. The Morgan fingerprint density at radius 1 is 1.18 bits per heavy atom. The van der Waals surface area contributed by atoms with E-state index < -0.39 is 0 Å². The van der Waals surface area contributed by atoms with E-state index in [-0.39, 0.29) is 5.91 Å². The molecule has 1 N–H and O–H groups in total. The average molecular weight is 362 g/mol. The van der Waals surface area contributed by atoms with E-state index in [1.54, 1.807) is 6.07 Å². The smallest absolute Gasteiger partial charge is 0.255 e. The minimum Gasteiger partial charge on any atom is -0.493 e. The first-order valence-electron chi connectivity index (χ1n) is 7.36. The van der Waals surface area contributed by atoms with Crippen molar-refractivity contribution in [3.05, 3.63) is 63.6 Å². The summed E-state index contributed by atoms with van der Waals surface area (Å²) in [5, 5.41) is 2.94. The van der Waals surface area contributed by atoms with Gasteiger partial charge in [0.15, 0.2) is 0 Å². The van der Waals surface area contributed by atoms with E-state index in [1.807, 2.05) is 50.2 Å². The van der Waals surface area contributed by atoms with Crippen molar-refractivity contribution in [1.29, 1.82) is 0 Å². The molecule has 0 saturated carbocycles. The molecule has 3 nitrogen and oxygen atoms in total. The highest BCUT2D eigenvalue weighted by Crippen LogP contribution is 2.23. The Bertz CT molecular complexity index is 638. The lowest BCUT2D eigenvalue weighted by molar-refractivity contribution is 0.0946. The van der Waals surface area contributed by atoms with Crippen molar-refractivity contribution in [1.82, 2.24) is 5.32 Å². The number of benzene rings is 2. The molecule has 2 aromatic carbocycles. The zero-order chi connectivity index (χ0) is 15.9. The van der Waals surface area contributed by atoms with Gasteiger partial charge in [-0.05, 0) is 37.1 Å². The number of ether oxygens (including phenoxy) is 1. The van der Waals surface area contributed by atoms with Crippen molar-refractivity contribution in [3.8, 4) is 5.75 Å². The molecular weight excluding hydrogens is 342 g/mol. The number of halogens is 1. The summed E-state index contributed by atoms with van der Waals surface area (Å²) in [6.07, 6.45) is 0.903. The summed E-state index contributed by atoms with van der Waals surface area (Å²) in [4.78, 5) is 12.4. The summed E-state index contributed by atoms with van der Waals surface area (Å²) >= 11 is 3.40. The molecule has 0 bridgehead atoms. The van der Waals surface area contributed by atoms with Crippen LogP contribution in [0.4, 0.5) is 0 Å². The number of amides is 1. The first-order valence-corrected chi connectivity index (χ1v) is 8.15. The van der Waals surface area contributed by atoms with Crippen LogP contribution in [0.15, 0.2) is 46.9 Å². The van der Waals surface area contributed by atoms with Crippen LogP contribution in [-0.2, 0) is 6.54 Å². The lowest BCUT2D eigenvalue weighted by Gasteiger charge is -2.12. The molecule has 0 aliphatic rings. The van der Waals surface area contributed by atoms with Crippen LogP contribution in [-0.4, -0.2) is 12.5 Å². The van der Waals surface area contributed by atoms with E-state index in [1.165, 1.54) is 5.56 Å². The number of rotatable bonds is 6. The summed E-state index contributed by atoms with van der Waals surface area (Å²) in [7, 11) is 0. The fourth-order valence-corrected chi connectivity index (χ4v) is 2.36. The van der Waals surface area contributed by atoms with Crippen LogP contribution in [0.25, 0.3) is 0 Å². The standard InChI is InChI=1S/C18H20BrNO2/c1-3-10-22-17-9-8-15(19)11-16(17)18(21)20-12-14-6-4-13(2)5-7-14/h4-9,11H,3,10,12H2,1-2H3,(H,20,21). The Labute approximate surface area is 139 Å². The second-order valence-electron chi connectivity index (χ2n) is 5.16. The number of carbonyl (C=O) groups excluding carboxylic acids is 1. The van der Waals surface area contributed by atoms with Crippen molar-refractivity contribution in [2.24, 2.45) is 0 Å². The lowest BCUT2D eigenvalue weighted by atomic mass is 10.1. The number of hydrogen-bond acceptors (Lipinski definition) is 2. The van der Waals surface area contributed by atoms with Crippen molar-refractivity contribution in [3.63, 3.8) is 0 Å². The normalized spacial score (nSPS) is 10.3. The van der Waals surface area contributed by atoms with Gasteiger partial charge in [-0.1, -0.05) is 52.7 Å². The van der Waals surface area contributed by atoms with Crippen LogP contribution in [0.3, 0.4) is 0 Å². The van der Waals surface area contributed by atoms with Crippen molar-refractivity contribution in [2.75, 3.05) is 6.61 Å². The van der Waals surface area contributed by atoms with Crippen molar-refractivity contribution < 1.29 is 9.53 Å². The van der Waals surface area contributed by atoms with Crippen LogP contribution in [0.2, 0.25) is 0 Å². The van der Waals surface area contributed by atoms with Gasteiger partial charge in [-0.3, -0.25) is 4.79 Å². The van der Waals surface area contributed by atoms with Gasteiger partial charge in [0.05, 0.1) is 12.2 Å². The minimum atomic E-state index is -0.132. The Kier molecular flexibility index (Phi) is 6.01. The van der Waals surface area contributed by atoms with E-state index in [0.717, 1.165) is 16.5 Å². The zero-order valence-corrected chi connectivity index (χ0v) is 14.4. The molecule has 116 valence electrons. The van der Waals surface area contributed by atoms with E-state index in [9.17, 15) is 4.79 Å². The predicted octanol–water partition coefficient (Wildman–Crippen LogP) is 4.48. The Morgan fingerprint density at radius 2 is 1.91 bits per heavy atom. The second-order valence-corrected chi connectivity index (χ2v) is 6.07. The molecule has 0 spiro atoms. The summed E-state index contributed by atoms with van der Waals surface area (Å²) in [5.74, 6) is 0.486. The molecule has 2 aromatic rings. The Balaban J connectivity index is 2.07. The zero-order valence-electron chi connectivity index (χ0n) is 12.9. The number of nitrogens with one attached hydrogen (secondary N) is 1. The monoisotopic (exact) mass is 361 g/mol. The van der Waals surface area contributed by atoms with E-state index >= 15 is 0 Å². The van der Waals surface area contributed by atoms with Gasteiger partial charge in [-0.15, -0.1) is 0 Å². The van der Waals surface area contributed by atoms with Gasteiger partial charge in [0, 0.05) is 11.0 Å². The fourth-order valence-electron chi connectivity index (χ4n) is 2.00. The van der Waals surface area contributed by atoms with Gasteiger partial charge in [-0.25, -0.2) is 0 Å². The Hall–Kier alpha value is -1.81. The first kappa shape index (κ1) is 16.6. The first-order chi connectivity index (χ1) is 10.6. The molecule has 22 heavy (non-hydrogen) atoms. The third-order valence-corrected chi connectivity index (χ3v) is 3.71. The van der Waals surface area contributed by atoms with Crippen LogP contribution in [0, 0.1) is 6.92 Å². The van der Waals surface area contributed by atoms with Gasteiger partial charge in [0.25, 0.3) is 5.91 Å². The highest BCUT2D eigenvalue weighted by Gasteiger charge is 2.13. The summed E-state index contributed by atoms with van der Waals surface area (Å²) < 4.78 is 6.51. The van der Waals surface area contributed by atoms with Crippen molar-refractivity contribution >= 4 is 21.8 Å². The van der Waals surface area contributed by atoms with Gasteiger partial charge >= 0.3 is 0 Å². The maximum atomic E-state index is 12.4. The molecule has 0 aliphatic carbocycles. The summed E-state index contributed by atoms with van der Waals surface area (Å²) in [6, 6.07) is 13.6. The molecule has 0 saturated heterocycles. The third kappa shape index (κ3) is 4.60. The molecule has 4 heteroatoms. The molecule has 0 unspecified atom stereocenters. The number of carbonyl (C=O) groups is 1. The molecular formula is C18H20BrNO2. The van der Waals surface area contributed by atoms with Gasteiger partial charge in [-0.2, -0.15) is 0 Å². The Morgan fingerprint density at radius 3 is 2.59 bits per heavy atom. The summed E-state index contributed by atoms with van der Waals surface area (Å²) in [5.41, 5.74) is 2.83. The van der Waals surface area contributed by atoms with Gasteiger partial charge in [0.2, 0.25) is 0 Å². The molecule has 0 aliphatic heterocycles. The summed E-state index contributed by atoms with van der Waals surface area (Å²) in [6.45, 7) is 5.18. The second kappa shape index (κ2) is 7.99. The number of aryl methyl sites for hydroxylation is 1. The van der Waals surface area contributed by atoms with Gasteiger partial charge in [0.1, 0.15) is 5.75 Å². The van der Waals surface area contributed by atoms with Crippen LogP contribution in [0.5, 0.6) is 5.75 Å². The largest absolute Gasteiger partial charge is 0.493 e. The minimum absolute atomic E-state index is 0.132.